The Morgan fingerprint density at radius 3 is 3.00 bits per heavy atom. The number of hydrogen-bond donors (Lipinski definition) is 2. The molecule has 1 aromatic rings. The Morgan fingerprint density at radius 1 is 1.69 bits per heavy atom. The molecule has 0 spiro atoms. The monoisotopic (exact) mass is 239 g/mol. The predicted octanol–water partition coefficient (Wildman–Crippen LogP) is 1.54. The summed E-state index contributed by atoms with van der Waals surface area (Å²) < 4.78 is 0. The van der Waals surface area contributed by atoms with Crippen molar-refractivity contribution in [1.82, 2.24) is 10.3 Å². The Kier molecular flexibility index (Phi) is 5.11. The van der Waals surface area contributed by atoms with Crippen molar-refractivity contribution in [2.45, 2.75) is 19.4 Å². The first kappa shape index (κ1) is 12.8. The second-order valence-electron chi connectivity index (χ2n) is 3.51. The third-order valence-electron chi connectivity index (χ3n) is 2.21. The maximum absolute atomic E-state index is 11.8. The van der Waals surface area contributed by atoms with Crippen molar-refractivity contribution in [3.63, 3.8) is 0 Å². The molecule has 1 aromatic heterocycles. The van der Waals surface area contributed by atoms with Gasteiger partial charge in [0.2, 0.25) is 0 Å². The molecule has 0 radical (unpaired) electrons. The van der Waals surface area contributed by atoms with Gasteiger partial charge in [0.05, 0.1) is 0 Å². The van der Waals surface area contributed by atoms with Crippen molar-refractivity contribution in [3.05, 3.63) is 24.0 Å². The van der Waals surface area contributed by atoms with E-state index >= 15 is 0 Å². The van der Waals surface area contributed by atoms with Crippen LogP contribution in [0.4, 0.5) is 5.69 Å². The number of nitrogens with one attached hydrogen (secondary N) is 1. The molecule has 0 saturated carbocycles. The number of pyridine rings is 1. The highest BCUT2D eigenvalue weighted by atomic mass is 32.2. The minimum absolute atomic E-state index is 0.159. The molecule has 1 atom stereocenters. The highest BCUT2D eigenvalue weighted by molar-refractivity contribution is 7.98. The highest BCUT2D eigenvalue weighted by Gasteiger charge is 2.12. The lowest BCUT2D eigenvalue weighted by Crippen LogP contribution is -2.36. The summed E-state index contributed by atoms with van der Waals surface area (Å²) in [6.45, 7) is 2.05. The zero-order chi connectivity index (χ0) is 12.0. The van der Waals surface area contributed by atoms with Gasteiger partial charge in [0.15, 0.2) is 0 Å². The Morgan fingerprint density at radius 2 is 2.44 bits per heavy atom. The van der Waals surface area contributed by atoms with Gasteiger partial charge >= 0.3 is 0 Å². The van der Waals surface area contributed by atoms with Crippen LogP contribution < -0.4 is 11.1 Å². The molecule has 5 heteroatoms. The number of amides is 1. The van der Waals surface area contributed by atoms with Crippen molar-refractivity contribution < 1.29 is 4.79 Å². The van der Waals surface area contributed by atoms with E-state index < -0.39 is 0 Å². The van der Waals surface area contributed by atoms with Crippen LogP contribution in [0.3, 0.4) is 0 Å². The van der Waals surface area contributed by atoms with E-state index in [-0.39, 0.29) is 11.9 Å². The number of thioether (sulfide) groups is 1. The van der Waals surface area contributed by atoms with Crippen LogP contribution in [0.5, 0.6) is 0 Å². The van der Waals surface area contributed by atoms with E-state index in [9.17, 15) is 4.79 Å². The summed E-state index contributed by atoms with van der Waals surface area (Å²) >= 11 is 1.71. The van der Waals surface area contributed by atoms with Gasteiger partial charge in [0.1, 0.15) is 5.69 Å². The van der Waals surface area contributed by atoms with Crippen molar-refractivity contribution in [2.75, 3.05) is 17.7 Å². The van der Waals surface area contributed by atoms with E-state index in [1.54, 1.807) is 30.1 Å². The summed E-state index contributed by atoms with van der Waals surface area (Å²) in [5, 5.41) is 2.93. The SMILES string of the molecule is CCC(CSC)NC(=O)c1cc(N)ccn1. The first-order valence-electron chi connectivity index (χ1n) is 5.18. The molecular weight excluding hydrogens is 222 g/mol. The second kappa shape index (κ2) is 6.37. The van der Waals surface area contributed by atoms with Crippen LogP contribution in [0.15, 0.2) is 18.3 Å². The quantitative estimate of drug-likeness (QED) is 0.817. The fraction of sp³-hybridized carbons (Fsp3) is 0.455. The average molecular weight is 239 g/mol. The first-order valence-corrected chi connectivity index (χ1v) is 6.58. The van der Waals surface area contributed by atoms with Gasteiger partial charge in [-0.2, -0.15) is 11.8 Å². The fourth-order valence-electron chi connectivity index (χ4n) is 1.29. The lowest BCUT2D eigenvalue weighted by molar-refractivity contribution is 0.0935. The maximum Gasteiger partial charge on any atom is 0.270 e. The van der Waals surface area contributed by atoms with Gasteiger partial charge in [-0.25, -0.2) is 0 Å². The van der Waals surface area contributed by atoms with Crippen molar-refractivity contribution in [3.8, 4) is 0 Å². The zero-order valence-electron chi connectivity index (χ0n) is 9.56. The molecule has 0 fully saturated rings. The molecule has 1 unspecified atom stereocenters. The molecule has 16 heavy (non-hydrogen) atoms. The predicted molar refractivity (Wildman–Crippen MR) is 68.6 cm³/mol. The third-order valence-corrected chi connectivity index (χ3v) is 2.95. The van der Waals surface area contributed by atoms with Gasteiger partial charge in [0, 0.05) is 23.7 Å². The Hall–Kier alpha value is -1.23. The van der Waals surface area contributed by atoms with Crippen molar-refractivity contribution >= 4 is 23.4 Å². The lowest BCUT2D eigenvalue weighted by Gasteiger charge is -2.15. The van der Waals surface area contributed by atoms with Crippen molar-refractivity contribution in [2.24, 2.45) is 0 Å². The van der Waals surface area contributed by atoms with Crippen LogP contribution >= 0.6 is 11.8 Å². The average Bonchev–Trinajstić information content (AvgIpc) is 2.28. The summed E-state index contributed by atoms with van der Waals surface area (Å²) in [7, 11) is 0. The number of carbonyl (C=O) groups excluding carboxylic acids is 1. The smallest absolute Gasteiger partial charge is 0.270 e. The fourth-order valence-corrected chi connectivity index (χ4v) is 2.01. The first-order chi connectivity index (χ1) is 7.67. The van der Waals surface area contributed by atoms with Gasteiger partial charge in [-0.3, -0.25) is 9.78 Å². The molecule has 0 aliphatic rings. The second-order valence-corrected chi connectivity index (χ2v) is 4.42. The highest BCUT2D eigenvalue weighted by Crippen LogP contribution is 2.05. The molecule has 1 amide bonds. The van der Waals surface area contributed by atoms with Gasteiger partial charge in [-0.1, -0.05) is 6.92 Å². The topological polar surface area (TPSA) is 68.0 Å². The number of anilines is 1. The molecule has 4 nitrogen and oxygen atoms in total. The number of carbonyl (C=O) groups is 1. The molecule has 88 valence electrons. The van der Waals surface area contributed by atoms with Gasteiger partial charge in [0.25, 0.3) is 5.91 Å². The number of nitrogens with two attached hydrogens (primary N) is 1. The Labute approximate surface area is 100 Å². The van der Waals surface area contributed by atoms with Gasteiger partial charge in [-0.15, -0.1) is 0 Å². The summed E-state index contributed by atoms with van der Waals surface area (Å²) in [5.74, 6) is 0.748. The number of aromatic nitrogens is 1. The number of nitrogens with zero attached hydrogens (tertiary/aromatic N) is 1. The summed E-state index contributed by atoms with van der Waals surface area (Å²) in [6, 6.07) is 3.43. The van der Waals surface area contributed by atoms with Crippen LogP contribution in [0.2, 0.25) is 0 Å². The summed E-state index contributed by atoms with van der Waals surface area (Å²) in [4.78, 5) is 15.8. The zero-order valence-corrected chi connectivity index (χ0v) is 10.4. The molecule has 3 N–H and O–H groups in total. The van der Waals surface area contributed by atoms with Gasteiger partial charge < -0.3 is 11.1 Å². The number of nitrogen functional groups attached to an aromatic ring is 1. The van der Waals surface area contributed by atoms with E-state index in [1.165, 1.54) is 0 Å². The minimum atomic E-state index is -0.159. The summed E-state index contributed by atoms with van der Waals surface area (Å²) in [6.07, 6.45) is 4.47. The third kappa shape index (κ3) is 3.73. The molecule has 1 rings (SSSR count). The molecule has 0 bridgehead atoms. The van der Waals surface area contributed by atoms with E-state index in [2.05, 4.69) is 10.3 Å². The maximum atomic E-state index is 11.8. The molecule has 0 aliphatic heterocycles. The molecular formula is C11H17N3OS. The molecule has 1 heterocycles. The van der Waals surface area contributed by atoms with E-state index in [0.717, 1.165) is 12.2 Å². The largest absolute Gasteiger partial charge is 0.399 e. The van der Waals surface area contributed by atoms with E-state index in [4.69, 9.17) is 5.73 Å². The van der Waals surface area contributed by atoms with Crippen LogP contribution in [0, 0.1) is 0 Å². The van der Waals surface area contributed by atoms with Crippen LogP contribution in [-0.4, -0.2) is 28.9 Å². The van der Waals surface area contributed by atoms with Crippen LogP contribution in [0.1, 0.15) is 23.8 Å². The number of rotatable bonds is 5. The lowest BCUT2D eigenvalue weighted by atomic mass is 10.2. The Balaban J connectivity index is 2.64. The van der Waals surface area contributed by atoms with Gasteiger partial charge in [-0.05, 0) is 24.8 Å². The standard InChI is InChI=1S/C11H17N3OS/c1-3-9(7-16-2)14-11(15)10-6-8(12)4-5-13-10/h4-6,9H,3,7H2,1-2H3,(H2,12,13)(H,14,15). The van der Waals surface area contributed by atoms with E-state index in [1.807, 2.05) is 13.2 Å². The summed E-state index contributed by atoms with van der Waals surface area (Å²) in [5.41, 5.74) is 6.52. The molecule has 0 aliphatic carbocycles. The normalized spacial score (nSPS) is 12.1. The minimum Gasteiger partial charge on any atom is -0.399 e. The van der Waals surface area contributed by atoms with Crippen LogP contribution in [-0.2, 0) is 0 Å². The molecule has 0 aromatic carbocycles. The Bertz CT molecular complexity index is 357. The van der Waals surface area contributed by atoms with Crippen molar-refractivity contribution in [1.29, 1.82) is 0 Å². The van der Waals surface area contributed by atoms with Crippen LogP contribution in [0.25, 0.3) is 0 Å². The number of hydrogen-bond acceptors (Lipinski definition) is 4. The molecule has 0 saturated heterocycles. The van der Waals surface area contributed by atoms with E-state index in [0.29, 0.717) is 11.4 Å².